The lowest BCUT2D eigenvalue weighted by atomic mass is 10.3. The number of anilines is 1. The summed E-state index contributed by atoms with van der Waals surface area (Å²) in [6.07, 6.45) is 1.72. The van der Waals surface area contributed by atoms with E-state index in [2.05, 4.69) is 19.9 Å². The number of rotatable bonds is 2. The van der Waals surface area contributed by atoms with Crippen LogP contribution in [-0.4, -0.2) is 19.9 Å². The van der Waals surface area contributed by atoms with E-state index in [1.54, 1.807) is 6.20 Å². The monoisotopic (exact) mass is 257 g/mol. The summed E-state index contributed by atoms with van der Waals surface area (Å²) in [6.45, 7) is 1.95. The molecule has 0 atom stereocenters. The number of aromatic amines is 1. The van der Waals surface area contributed by atoms with Crippen molar-refractivity contribution in [1.29, 1.82) is 0 Å². The molecule has 5 nitrogen and oxygen atoms in total. The van der Waals surface area contributed by atoms with Gasteiger partial charge in [0.05, 0.1) is 11.0 Å². The third-order valence-corrected chi connectivity index (χ3v) is 3.50. The van der Waals surface area contributed by atoms with Crippen LogP contribution in [0, 0.1) is 6.92 Å². The summed E-state index contributed by atoms with van der Waals surface area (Å²) < 4.78 is 0. The summed E-state index contributed by atoms with van der Waals surface area (Å²) in [5.41, 5.74) is 8.53. The lowest BCUT2D eigenvalue weighted by Gasteiger charge is -2.01. The Morgan fingerprint density at radius 3 is 2.89 bits per heavy atom. The van der Waals surface area contributed by atoms with Gasteiger partial charge in [0.1, 0.15) is 5.03 Å². The van der Waals surface area contributed by atoms with Gasteiger partial charge in [-0.15, -0.1) is 0 Å². The second-order valence-electron chi connectivity index (χ2n) is 3.88. The quantitative estimate of drug-likeness (QED) is 0.689. The summed E-state index contributed by atoms with van der Waals surface area (Å²) in [5.74, 6) is 0.277. The van der Waals surface area contributed by atoms with E-state index in [4.69, 9.17) is 5.73 Å². The molecule has 1 aromatic carbocycles. The third kappa shape index (κ3) is 2.02. The number of hydrogen-bond acceptors (Lipinski definition) is 5. The molecule has 0 spiro atoms. The van der Waals surface area contributed by atoms with Crippen molar-refractivity contribution in [3.05, 3.63) is 36.0 Å². The van der Waals surface area contributed by atoms with E-state index in [9.17, 15) is 0 Å². The standard InChI is InChI=1S/C12H11N5S/c1-7-6-14-11(13)17-10(7)18-12-15-8-4-2-3-5-9(8)16-12/h2-6H,1H3,(H,15,16)(H2,13,14,17). The maximum absolute atomic E-state index is 5.59. The molecule has 0 bridgehead atoms. The van der Waals surface area contributed by atoms with E-state index in [1.165, 1.54) is 11.8 Å². The first-order chi connectivity index (χ1) is 8.72. The largest absolute Gasteiger partial charge is 0.368 e. The molecule has 0 fully saturated rings. The number of nitrogens with zero attached hydrogens (tertiary/aromatic N) is 3. The molecule has 0 aliphatic carbocycles. The van der Waals surface area contributed by atoms with Gasteiger partial charge in [-0.25, -0.2) is 15.0 Å². The highest BCUT2D eigenvalue weighted by atomic mass is 32.2. The molecule has 0 amide bonds. The van der Waals surface area contributed by atoms with E-state index in [1.807, 2.05) is 31.2 Å². The summed E-state index contributed by atoms with van der Waals surface area (Å²) >= 11 is 1.46. The highest BCUT2D eigenvalue weighted by Crippen LogP contribution is 2.27. The van der Waals surface area contributed by atoms with E-state index in [0.717, 1.165) is 26.8 Å². The lowest BCUT2D eigenvalue weighted by Crippen LogP contribution is -1.97. The van der Waals surface area contributed by atoms with Gasteiger partial charge < -0.3 is 10.7 Å². The number of nitrogens with one attached hydrogen (secondary N) is 1. The summed E-state index contributed by atoms with van der Waals surface area (Å²) in [7, 11) is 0. The van der Waals surface area contributed by atoms with Crippen LogP contribution in [0.2, 0.25) is 0 Å². The zero-order chi connectivity index (χ0) is 12.5. The molecule has 3 rings (SSSR count). The molecule has 0 aliphatic rings. The molecule has 0 aliphatic heterocycles. The molecular formula is C12H11N5S. The summed E-state index contributed by atoms with van der Waals surface area (Å²) in [4.78, 5) is 15.9. The van der Waals surface area contributed by atoms with Crippen molar-refractivity contribution in [2.24, 2.45) is 0 Å². The zero-order valence-electron chi connectivity index (χ0n) is 9.71. The first kappa shape index (κ1) is 11.0. The Morgan fingerprint density at radius 1 is 1.22 bits per heavy atom. The van der Waals surface area contributed by atoms with E-state index in [0.29, 0.717) is 0 Å². The Hall–Kier alpha value is -2.08. The van der Waals surface area contributed by atoms with Crippen LogP contribution >= 0.6 is 11.8 Å². The fraction of sp³-hybridized carbons (Fsp3) is 0.0833. The number of aromatic nitrogens is 4. The number of hydrogen-bond donors (Lipinski definition) is 2. The molecule has 3 aromatic rings. The molecular weight excluding hydrogens is 246 g/mol. The van der Waals surface area contributed by atoms with Gasteiger partial charge in [0.25, 0.3) is 0 Å². The Morgan fingerprint density at radius 2 is 2.06 bits per heavy atom. The van der Waals surface area contributed by atoms with Crippen molar-refractivity contribution in [1.82, 2.24) is 19.9 Å². The van der Waals surface area contributed by atoms with Crippen molar-refractivity contribution >= 4 is 28.7 Å². The van der Waals surface area contributed by atoms with Crippen molar-refractivity contribution in [3.8, 4) is 0 Å². The van der Waals surface area contributed by atoms with Gasteiger partial charge >= 0.3 is 0 Å². The van der Waals surface area contributed by atoms with Gasteiger partial charge in [-0.2, -0.15) is 0 Å². The second-order valence-corrected chi connectivity index (χ2v) is 4.86. The molecule has 2 aromatic heterocycles. The van der Waals surface area contributed by atoms with E-state index < -0.39 is 0 Å². The molecule has 0 unspecified atom stereocenters. The van der Waals surface area contributed by atoms with E-state index in [-0.39, 0.29) is 5.95 Å². The van der Waals surface area contributed by atoms with E-state index >= 15 is 0 Å². The first-order valence-electron chi connectivity index (χ1n) is 5.44. The smallest absolute Gasteiger partial charge is 0.221 e. The van der Waals surface area contributed by atoms with Crippen molar-refractivity contribution in [2.45, 2.75) is 17.1 Å². The Balaban J connectivity index is 1.98. The molecule has 0 radical (unpaired) electrons. The van der Waals surface area contributed by atoms with Crippen molar-refractivity contribution in [2.75, 3.05) is 5.73 Å². The number of para-hydroxylation sites is 2. The molecule has 6 heteroatoms. The fourth-order valence-corrected chi connectivity index (χ4v) is 2.45. The van der Waals surface area contributed by atoms with Crippen LogP contribution in [0.15, 0.2) is 40.6 Å². The normalized spacial score (nSPS) is 10.9. The second kappa shape index (κ2) is 4.30. The Bertz CT molecular complexity index is 674. The lowest BCUT2D eigenvalue weighted by molar-refractivity contribution is 1.00. The molecule has 2 heterocycles. The maximum Gasteiger partial charge on any atom is 0.221 e. The van der Waals surface area contributed by atoms with Crippen molar-refractivity contribution < 1.29 is 0 Å². The average molecular weight is 257 g/mol. The van der Waals surface area contributed by atoms with Gasteiger partial charge in [-0.05, 0) is 30.8 Å². The SMILES string of the molecule is Cc1cnc(N)nc1Sc1nc2ccccc2[nH]1. The number of H-pyrrole nitrogens is 1. The highest BCUT2D eigenvalue weighted by Gasteiger charge is 2.08. The van der Waals surface area contributed by atoms with Crippen LogP contribution in [0.25, 0.3) is 11.0 Å². The van der Waals surface area contributed by atoms with Gasteiger partial charge in [0, 0.05) is 11.8 Å². The minimum absolute atomic E-state index is 0.277. The predicted octanol–water partition coefficient (Wildman–Crippen LogP) is 2.39. The van der Waals surface area contributed by atoms with Gasteiger partial charge in [-0.3, -0.25) is 0 Å². The Labute approximate surface area is 108 Å². The third-order valence-electron chi connectivity index (χ3n) is 2.50. The number of fused-ring (bicyclic) bond motifs is 1. The van der Waals surface area contributed by atoms with Gasteiger partial charge in [-0.1, -0.05) is 12.1 Å². The number of nitrogen functional groups attached to an aromatic ring is 1. The fourth-order valence-electron chi connectivity index (χ4n) is 1.61. The van der Waals surface area contributed by atoms with Crippen LogP contribution in [0.1, 0.15) is 5.56 Å². The number of nitrogens with two attached hydrogens (primary N) is 1. The molecule has 90 valence electrons. The van der Waals surface area contributed by atoms with Crippen LogP contribution in [0.4, 0.5) is 5.95 Å². The minimum atomic E-state index is 0.277. The predicted molar refractivity (Wildman–Crippen MR) is 71.4 cm³/mol. The number of aryl methyl sites for hydroxylation is 1. The minimum Gasteiger partial charge on any atom is -0.368 e. The first-order valence-corrected chi connectivity index (χ1v) is 6.26. The number of imidazole rings is 1. The van der Waals surface area contributed by atoms with Gasteiger partial charge in [0.15, 0.2) is 5.16 Å². The summed E-state index contributed by atoms with van der Waals surface area (Å²) in [6, 6.07) is 7.90. The molecule has 0 saturated heterocycles. The molecule has 18 heavy (non-hydrogen) atoms. The summed E-state index contributed by atoms with van der Waals surface area (Å²) in [5, 5.41) is 1.62. The molecule has 3 N–H and O–H groups in total. The van der Waals surface area contributed by atoms with Gasteiger partial charge in [0.2, 0.25) is 5.95 Å². The van der Waals surface area contributed by atoms with Crippen LogP contribution in [-0.2, 0) is 0 Å². The van der Waals surface area contributed by atoms with Crippen LogP contribution in [0.5, 0.6) is 0 Å². The average Bonchev–Trinajstić information content (AvgIpc) is 2.76. The van der Waals surface area contributed by atoms with Crippen LogP contribution in [0.3, 0.4) is 0 Å². The topological polar surface area (TPSA) is 80.5 Å². The zero-order valence-corrected chi connectivity index (χ0v) is 10.5. The maximum atomic E-state index is 5.59. The highest BCUT2D eigenvalue weighted by molar-refractivity contribution is 7.99. The number of benzene rings is 1. The van der Waals surface area contributed by atoms with Crippen molar-refractivity contribution in [3.63, 3.8) is 0 Å². The van der Waals surface area contributed by atoms with Crippen LogP contribution < -0.4 is 5.73 Å². The molecule has 0 saturated carbocycles. The Kier molecular flexibility index (Phi) is 2.64.